The molecule has 0 radical (unpaired) electrons. The van der Waals surface area contributed by atoms with Gasteiger partial charge >= 0.3 is 6.03 Å². The van der Waals surface area contributed by atoms with E-state index in [0.717, 1.165) is 18.5 Å². The first-order valence-corrected chi connectivity index (χ1v) is 8.56. The van der Waals surface area contributed by atoms with Crippen LogP contribution in [0.2, 0.25) is 0 Å². The highest BCUT2D eigenvalue weighted by molar-refractivity contribution is 5.99. The summed E-state index contributed by atoms with van der Waals surface area (Å²) in [7, 11) is 3.19. The fraction of sp³-hybridized carbons (Fsp3) is 0.556. The molecule has 2 saturated heterocycles. The van der Waals surface area contributed by atoms with Crippen molar-refractivity contribution in [2.45, 2.75) is 38.4 Å². The van der Waals surface area contributed by atoms with Crippen LogP contribution in [0.3, 0.4) is 0 Å². The second-order valence-electron chi connectivity index (χ2n) is 6.73. The van der Waals surface area contributed by atoms with Crippen LogP contribution in [0.1, 0.15) is 31.7 Å². The number of imide groups is 1. The monoisotopic (exact) mass is 347 g/mol. The van der Waals surface area contributed by atoms with Crippen LogP contribution in [0.25, 0.3) is 0 Å². The fourth-order valence-electron chi connectivity index (χ4n) is 3.90. The third kappa shape index (κ3) is 3.04. The maximum atomic E-state index is 12.6. The van der Waals surface area contributed by atoms with E-state index >= 15 is 0 Å². The molecule has 0 bridgehead atoms. The Kier molecular flexibility index (Phi) is 4.85. The molecule has 25 heavy (non-hydrogen) atoms. The summed E-state index contributed by atoms with van der Waals surface area (Å²) in [4.78, 5) is 26.6. The molecule has 3 amide bonds. The number of nitrogens with one attached hydrogen (secondary N) is 2. The Bertz CT molecular complexity index is 676. The number of urea groups is 1. The minimum Gasteiger partial charge on any atom is -0.493 e. The Hall–Kier alpha value is -2.28. The maximum Gasteiger partial charge on any atom is 0.325 e. The second-order valence-corrected chi connectivity index (χ2v) is 6.73. The second kappa shape index (κ2) is 6.92. The van der Waals surface area contributed by atoms with Crippen molar-refractivity contribution in [3.05, 3.63) is 23.8 Å². The van der Waals surface area contributed by atoms with Gasteiger partial charge in [0.25, 0.3) is 0 Å². The van der Waals surface area contributed by atoms with Crippen molar-refractivity contribution in [2.75, 3.05) is 20.8 Å². The zero-order valence-electron chi connectivity index (χ0n) is 15.0. The molecule has 1 aromatic carbocycles. The van der Waals surface area contributed by atoms with Gasteiger partial charge in [-0.25, -0.2) is 4.79 Å². The number of nitrogens with zero attached hydrogens (tertiary/aromatic N) is 1. The summed E-state index contributed by atoms with van der Waals surface area (Å²) in [5, 5.41) is 5.87. The van der Waals surface area contributed by atoms with Crippen LogP contribution in [0.15, 0.2) is 18.2 Å². The van der Waals surface area contributed by atoms with Crippen LogP contribution >= 0.6 is 0 Å². The van der Waals surface area contributed by atoms with Crippen molar-refractivity contribution in [3.63, 3.8) is 0 Å². The normalized spacial score (nSPS) is 26.3. The number of fused-ring (bicyclic) bond motifs is 1. The molecule has 0 spiro atoms. The number of hydrogen-bond donors (Lipinski definition) is 2. The van der Waals surface area contributed by atoms with E-state index in [1.54, 1.807) is 19.1 Å². The highest BCUT2D eigenvalue weighted by Crippen LogP contribution is 2.40. The first-order valence-electron chi connectivity index (χ1n) is 8.56. The molecular weight excluding hydrogens is 322 g/mol. The average molecular weight is 347 g/mol. The number of rotatable bonds is 4. The molecule has 3 unspecified atom stereocenters. The predicted octanol–water partition coefficient (Wildman–Crippen LogP) is 1.68. The zero-order chi connectivity index (χ0) is 18.1. The standard InChI is InChI=1S/C18H25N3O4/c1-10(2)21-16-15(17(22)20-18(21)23)12(7-8-19-16)11-5-6-13(24-3)14(9-11)25-4/h5-6,9-10,12,15-16,19H,7-8H2,1-4H3,(H,20,22,23). The van der Waals surface area contributed by atoms with Crippen molar-refractivity contribution in [1.29, 1.82) is 0 Å². The lowest BCUT2D eigenvalue weighted by Gasteiger charge is -2.48. The number of ether oxygens (including phenoxy) is 2. The molecule has 7 nitrogen and oxygen atoms in total. The fourth-order valence-corrected chi connectivity index (χ4v) is 3.90. The molecule has 0 aliphatic carbocycles. The summed E-state index contributed by atoms with van der Waals surface area (Å²) in [6, 6.07) is 5.42. The number of amides is 3. The van der Waals surface area contributed by atoms with E-state index in [2.05, 4.69) is 10.6 Å². The summed E-state index contributed by atoms with van der Waals surface area (Å²) in [6.07, 6.45) is 0.512. The van der Waals surface area contributed by atoms with E-state index in [1.807, 2.05) is 32.0 Å². The van der Waals surface area contributed by atoms with Gasteiger partial charge in [0.2, 0.25) is 5.91 Å². The van der Waals surface area contributed by atoms with Crippen LogP contribution in [-0.2, 0) is 4.79 Å². The molecule has 2 fully saturated rings. The molecule has 136 valence electrons. The van der Waals surface area contributed by atoms with E-state index in [0.29, 0.717) is 11.5 Å². The lowest BCUT2D eigenvalue weighted by atomic mass is 9.77. The van der Waals surface area contributed by atoms with Crippen LogP contribution in [0.5, 0.6) is 11.5 Å². The quantitative estimate of drug-likeness (QED) is 0.866. The largest absolute Gasteiger partial charge is 0.493 e. The van der Waals surface area contributed by atoms with Crippen molar-refractivity contribution in [1.82, 2.24) is 15.5 Å². The third-order valence-corrected chi connectivity index (χ3v) is 5.04. The predicted molar refractivity (Wildman–Crippen MR) is 92.7 cm³/mol. The van der Waals surface area contributed by atoms with E-state index < -0.39 is 0 Å². The molecule has 2 aliphatic heterocycles. The molecule has 2 heterocycles. The maximum absolute atomic E-state index is 12.6. The van der Waals surface area contributed by atoms with Gasteiger partial charge in [-0.3, -0.25) is 15.4 Å². The highest BCUT2D eigenvalue weighted by atomic mass is 16.5. The summed E-state index contributed by atoms with van der Waals surface area (Å²) in [6.45, 7) is 4.65. The Morgan fingerprint density at radius 3 is 2.52 bits per heavy atom. The van der Waals surface area contributed by atoms with Crippen LogP contribution < -0.4 is 20.1 Å². The van der Waals surface area contributed by atoms with Crippen LogP contribution in [0.4, 0.5) is 4.79 Å². The Morgan fingerprint density at radius 1 is 1.16 bits per heavy atom. The van der Waals surface area contributed by atoms with E-state index in [4.69, 9.17) is 9.47 Å². The summed E-state index contributed by atoms with van der Waals surface area (Å²) in [5.41, 5.74) is 1.02. The van der Waals surface area contributed by atoms with Gasteiger partial charge in [0, 0.05) is 12.0 Å². The Morgan fingerprint density at radius 2 is 1.88 bits per heavy atom. The van der Waals surface area contributed by atoms with Crippen LogP contribution in [0, 0.1) is 5.92 Å². The Balaban J connectivity index is 1.97. The minimum atomic E-state index is -0.341. The first-order chi connectivity index (χ1) is 12.0. The van der Waals surface area contributed by atoms with Gasteiger partial charge in [0.15, 0.2) is 11.5 Å². The summed E-state index contributed by atoms with van der Waals surface area (Å²) >= 11 is 0. The molecule has 2 aliphatic rings. The molecular formula is C18H25N3O4. The van der Waals surface area contributed by atoms with Gasteiger partial charge in [-0.1, -0.05) is 6.07 Å². The molecule has 1 aromatic rings. The van der Waals surface area contributed by atoms with Crippen molar-refractivity contribution in [2.24, 2.45) is 5.92 Å². The smallest absolute Gasteiger partial charge is 0.325 e. The number of methoxy groups -OCH3 is 2. The first kappa shape index (κ1) is 17.5. The van der Waals surface area contributed by atoms with E-state index in [9.17, 15) is 9.59 Å². The molecule has 7 heteroatoms. The van der Waals surface area contributed by atoms with Gasteiger partial charge in [-0.2, -0.15) is 0 Å². The van der Waals surface area contributed by atoms with Gasteiger partial charge < -0.3 is 14.4 Å². The lowest BCUT2D eigenvalue weighted by Crippen LogP contribution is -2.69. The molecule has 2 N–H and O–H groups in total. The van der Waals surface area contributed by atoms with E-state index in [1.165, 1.54) is 0 Å². The summed E-state index contributed by atoms with van der Waals surface area (Å²) < 4.78 is 10.7. The number of hydrogen-bond acceptors (Lipinski definition) is 5. The highest BCUT2D eigenvalue weighted by Gasteiger charge is 2.48. The van der Waals surface area contributed by atoms with Crippen molar-refractivity contribution < 1.29 is 19.1 Å². The van der Waals surface area contributed by atoms with Gasteiger partial charge in [-0.05, 0) is 44.5 Å². The number of carbonyl (C=O) groups excluding carboxylic acids is 2. The topological polar surface area (TPSA) is 79.9 Å². The number of carbonyl (C=O) groups is 2. The van der Waals surface area contributed by atoms with E-state index in [-0.39, 0.29) is 36.0 Å². The summed E-state index contributed by atoms with van der Waals surface area (Å²) in [5.74, 6) is 0.734. The third-order valence-electron chi connectivity index (χ3n) is 5.04. The average Bonchev–Trinajstić information content (AvgIpc) is 2.60. The minimum absolute atomic E-state index is 0.000376. The SMILES string of the molecule is COc1ccc(C2CCNC3C2C(=O)NC(=O)N3C(C)C)cc1OC. The Labute approximate surface area is 147 Å². The number of piperidine rings is 1. The zero-order valence-corrected chi connectivity index (χ0v) is 15.0. The van der Waals surface area contributed by atoms with Crippen molar-refractivity contribution in [3.8, 4) is 11.5 Å². The van der Waals surface area contributed by atoms with Gasteiger partial charge in [-0.15, -0.1) is 0 Å². The van der Waals surface area contributed by atoms with Gasteiger partial charge in [0.1, 0.15) is 0 Å². The van der Waals surface area contributed by atoms with Crippen LogP contribution in [-0.4, -0.2) is 49.8 Å². The lowest BCUT2D eigenvalue weighted by molar-refractivity contribution is -0.131. The molecule has 0 aromatic heterocycles. The van der Waals surface area contributed by atoms with Gasteiger partial charge in [0.05, 0.1) is 26.3 Å². The molecule has 3 atom stereocenters. The number of benzene rings is 1. The molecule has 3 rings (SSSR count). The molecule has 0 saturated carbocycles. The van der Waals surface area contributed by atoms with Crippen molar-refractivity contribution >= 4 is 11.9 Å².